The van der Waals surface area contributed by atoms with Crippen LogP contribution in [0.15, 0.2) is 24.3 Å². The molecule has 0 bridgehead atoms. The molecule has 1 atom stereocenters. The predicted octanol–water partition coefficient (Wildman–Crippen LogP) is 1.83. The first-order chi connectivity index (χ1) is 6.79. The van der Waals surface area contributed by atoms with Crippen LogP contribution in [0.4, 0.5) is 0 Å². The quantitative estimate of drug-likeness (QED) is 0.729. The molecule has 0 spiro atoms. The highest BCUT2D eigenvalue weighted by Gasteiger charge is 2.08. The summed E-state index contributed by atoms with van der Waals surface area (Å²) in [6.45, 7) is 2.57. The Balaban J connectivity index is 2.79. The molecule has 0 saturated heterocycles. The van der Waals surface area contributed by atoms with Crippen LogP contribution in [0.1, 0.15) is 24.2 Å². The third-order valence-corrected chi connectivity index (χ3v) is 2.34. The van der Waals surface area contributed by atoms with Crippen molar-refractivity contribution in [2.45, 2.75) is 19.4 Å². The van der Waals surface area contributed by atoms with E-state index in [2.05, 4.69) is 17.0 Å². The number of hydrogen-bond donors (Lipinski definition) is 1. The molecule has 1 aromatic rings. The van der Waals surface area contributed by atoms with Crippen molar-refractivity contribution in [1.29, 1.82) is 0 Å². The molecule has 0 aromatic heterocycles. The first-order valence-electron chi connectivity index (χ1n) is 4.72. The zero-order chi connectivity index (χ0) is 10.4. The topological polar surface area (TPSA) is 44.5 Å². The molecule has 0 radical (unpaired) electrons. The Morgan fingerprint density at radius 3 is 2.71 bits per heavy atom. The first kappa shape index (κ1) is 11.2. The summed E-state index contributed by atoms with van der Waals surface area (Å²) in [4.78, 5) is 4.57. The van der Waals surface area contributed by atoms with E-state index in [-0.39, 0.29) is 6.10 Å². The van der Waals surface area contributed by atoms with E-state index in [4.69, 9.17) is 10.6 Å². The van der Waals surface area contributed by atoms with E-state index < -0.39 is 0 Å². The van der Waals surface area contributed by atoms with Crippen molar-refractivity contribution in [3.63, 3.8) is 0 Å². The summed E-state index contributed by atoms with van der Waals surface area (Å²) in [6.07, 6.45) is 0.935. The third kappa shape index (κ3) is 2.80. The summed E-state index contributed by atoms with van der Waals surface area (Å²) < 4.78 is 5.28. The lowest BCUT2D eigenvalue weighted by molar-refractivity contribution is 0.116. The molecule has 1 unspecified atom stereocenters. The molecule has 78 valence electrons. The van der Waals surface area contributed by atoms with Crippen LogP contribution in [-0.2, 0) is 16.0 Å². The Bertz CT molecular complexity index is 276. The van der Waals surface area contributed by atoms with Gasteiger partial charge >= 0.3 is 0 Å². The second-order valence-corrected chi connectivity index (χ2v) is 3.20. The summed E-state index contributed by atoms with van der Waals surface area (Å²) in [5, 5.41) is 0. The average Bonchev–Trinajstić information content (AvgIpc) is 2.25. The number of benzene rings is 1. The number of methoxy groups -OCH3 is 1. The van der Waals surface area contributed by atoms with E-state index >= 15 is 0 Å². The Kier molecular flexibility index (Phi) is 4.59. The molecule has 0 aliphatic heterocycles. The van der Waals surface area contributed by atoms with E-state index in [9.17, 15) is 0 Å². The van der Waals surface area contributed by atoms with E-state index in [1.165, 1.54) is 11.1 Å². The van der Waals surface area contributed by atoms with Gasteiger partial charge in [-0.05, 0) is 24.5 Å². The zero-order valence-electron chi connectivity index (χ0n) is 8.69. The van der Waals surface area contributed by atoms with E-state index in [1.807, 2.05) is 19.1 Å². The highest BCUT2D eigenvalue weighted by molar-refractivity contribution is 5.29. The predicted molar refractivity (Wildman–Crippen MR) is 55.7 cm³/mol. The standard InChI is InChI=1S/C11H17NO2/c1-9(13-2)11-6-4-3-5-10(11)7-8-14-12/h3-6,9H,7-8,12H2,1-2H3. The monoisotopic (exact) mass is 195 g/mol. The molecule has 0 saturated carbocycles. The molecule has 2 N–H and O–H groups in total. The molecule has 3 heteroatoms. The van der Waals surface area contributed by atoms with Gasteiger partial charge in [0.1, 0.15) is 0 Å². The van der Waals surface area contributed by atoms with Crippen molar-refractivity contribution in [1.82, 2.24) is 0 Å². The molecule has 0 fully saturated rings. The lowest BCUT2D eigenvalue weighted by Gasteiger charge is -2.14. The number of rotatable bonds is 5. The van der Waals surface area contributed by atoms with Crippen LogP contribution in [0.5, 0.6) is 0 Å². The smallest absolute Gasteiger partial charge is 0.0795 e. The fourth-order valence-corrected chi connectivity index (χ4v) is 1.45. The van der Waals surface area contributed by atoms with Gasteiger partial charge in [0.15, 0.2) is 0 Å². The van der Waals surface area contributed by atoms with Crippen molar-refractivity contribution in [3.8, 4) is 0 Å². The van der Waals surface area contributed by atoms with Gasteiger partial charge in [0.2, 0.25) is 0 Å². The number of ether oxygens (including phenoxy) is 1. The van der Waals surface area contributed by atoms with Gasteiger partial charge in [0.25, 0.3) is 0 Å². The normalized spacial score (nSPS) is 12.8. The van der Waals surface area contributed by atoms with Crippen molar-refractivity contribution >= 4 is 0 Å². The van der Waals surface area contributed by atoms with Crippen LogP contribution in [0.25, 0.3) is 0 Å². The van der Waals surface area contributed by atoms with E-state index in [0.29, 0.717) is 6.61 Å². The number of hydrogen-bond acceptors (Lipinski definition) is 3. The summed E-state index contributed by atoms with van der Waals surface area (Å²) in [5.74, 6) is 5.00. The van der Waals surface area contributed by atoms with Crippen molar-refractivity contribution < 1.29 is 9.57 Å². The molecular weight excluding hydrogens is 178 g/mol. The van der Waals surface area contributed by atoms with Gasteiger partial charge in [-0.25, -0.2) is 5.90 Å². The van der Waals surface area contributed by atoms with Gasteiger partial charge < -0.3 is 9.57 Å². The highest BCUT2D eigenvalue weighted by Crippen LogP contribution is 2.20. The largest absolute Gasteiger partial charge is 0.377 e. The van der Waals surface area contributed by atoms with Crippen LogP contribution in [0, 0.1) is 0 Å². The van der Waals surface area contributed by atoms with Crippen LogP contribution in [0.3, 0.4) is 0 Å². The maximum Gasteiger partial charge on any atom is 0.0795 e. The lowest BCUT2D eigenvalue weighted by atomic mass is 10.0. The minimum absolute atomic E-state index is 0.115. The molecule has 1 aromatic carbocycles. The number of nitrogens with two attached hydrogens (primary N) is 1. The molecule has 3 nitrogen and oxygen atoms in total. The van der Waals surface area contributed by atoms with Crippen LogP contribution < -0.4 is 5.90 Å². The SMILES string of the molecule is COC(C)c1ccccc1CCON. The Morgan fingerprint density at radius 2 is 2.07 bits per heavy atom. The van der Waals surface area contributed by atoms with Crippen LogP contribution in [0.2, 0.25) is 0 Å². The molecule has 1 rings (SSSR count). The van der Waals surface area contributed by atoms with Crippen molar-refractivity contribution in [2.24, 2.45) is 5.90 Å². The van der Waals surface area contributed by atoms with Gasteiger partial charge in [-0.2, -0.15) is 0 Å². The molecule has 0 aliphatic rings. The third-order valence-electron chi connectivity index (χ3n) is 2.34. The maximum atomic E-state index is 5.28. The van der Waals surface area contributed by atoms with Gasteiger partial charge in [-0.15, -0.1) is 0 Å². The second kappa shape index (κ2) is 5.75. The maximum absolute atomic E-state index is 5.28. The van der Waals surface area contributed by atoms with E-state index in [1.54, 1.807) is 7.11 Å². The lowest BCUT2D eigenvalue weighted by Crippen LogP contribution is -2.07. The van der Waals surface area contributed by atoms with Gasteiger partial charge in [0, 0.05) is 7.11 Å². The minimum Gasteiger partial charge on any atom is -0.377 e. The van der Waals surface area contributed by atoms with Crippen LogP contribution >= 0.6 is 0 Å². The zero-order valence-corrected chi connectivity index (χ0v) is 8.69. The molecule has 0 aliphatic carbocycles. The summed E-state index contributed by atoms with van der Waals surface area (Å²) in [5.41, 5.74) is 2.43. The Morgan fingerprint density at radius 1 is 1.36 bits per heavy atom. The molecular formula is C11H17NO2. The van der Waals surface area contributed by atoms with Crippen LogP contribution in [-0.4, -0.2) is 13.7 Å². The molecule has 14 heavy (non-hydrogen) atoms. The van der Waals surface area contributed by atoms with E-state index in [0.717, 1.165) is 6.42 Å². The highest BCUT2D eigenvalue weighted by atomic mass is 16.6. The summed E-state index contributed by atoms with van der Waals surface area (Å²) in [7, 11) is 1.71. The van der Waals surface area contributed by atoms with Crippen molar-refractivity contribution in [2.75, 3.05) is 13.7 Å². The molecule has 0 heterocycles. The van der Waals surface area contributed by atoms with Gasteiger partial charge in [-0.1, -0.05) is 24.3 Å². The summed E-state index contributed by atoms with van der Waals surface area (Å²) in [6, 6.07) is 8.17. The summed E-state index contributed by atoms with van der Waals surface area (Å²) >= 11 is 0. The molecule has 0 amide bonds. The minimum atomic E-state index is 0.115. The second-order valence-electron chi connectivity index (χ2n) is 3.20. The average molecular weight is 195 g/mol. The fourth-order valence-electron chi connectivity index (χ4n) is 1.45. The van der Waals surface area contributed by atoms with Crippen molar-refractivity contribution in [3.05, 3.63) is 35.4 Å². The first-order valence-corrected chi connectivity index (χ1v) is 4.72. The van der Waals surface area contributed by atoms with Gasteiger partial charge in [-0.3, -0.25) is 0 Å². The Hall–Kier alpha value is -0.900. The Labute approximate surface area is 84.8 Å². The fraction of sp³-hybridized carbons (Fsp3) is 0.455. The van der Waals surface area contributed by atoms with Gasteiger partial charge in [0.05, 0.1) is 12.7 Å².